The highest BCUT2D eigenvalue weighted by Crippen LogP contribution is 2.21. The van der Waals surface area contributed by atoms with Crippen LogP contribution in [0.1, 0.15) is 13.8 Å². The van der Waals surface area contributed by atoms with Crippen LogP contribution in [0.2, 0.25) is 5.02 Å². The van der Waals surface area contributed by atoms with Gasteiger partial charge in [0.2, 0.25) is 0 Å². The Morgan fingerprint density at radius 1 is 1.29 bits per heavy atom. The Bertz CT molecular complexity index is 443. The number of benzene rings is 1. The monoisotopic (exact) mass is 207 g/mol. The van der Waals surface area contributed by atoms with Gasteiger partial charge in [-0.2, -0.15) is 0 Å². The molecule has 2 heteroatoms. The maximum absolute atomic E-state index is 5.97. The van der Waals surface area contributed by atoms with Crippen LogP contribution in [0.5, 0.6) is 0 Å². The number of hydrogen-bond donors (Lipinski definition) is 0. The van der Waals surface area contributed by atoms with Gasteiger partial charge in [-0.05, 0) is 29.5 Å². The molecule has 1 heterocycles. The zero-order valence-electron chi connectivity index (χ0n) is 8.50. The lowest BCUT2D eigenvalue weighted by Crippen LogP contribution is -2.02. The molecule has 0 atom stereocenters. The molecule has 0 fully saturated rings. The van der Waals surface area contributed by atoms with Gasteiger partial charge < -0.3 is 4.57 Å². The van der Waals surface area contributed by atoms with E-state index in [4.69, 9.17) is 11.6 Å². The molecule has 0 N–H and O–H groups in total. The smallest absolute Gasteiger partial charge is 0.0495 e. The van der Waals surface area contributed by atoms with Crippen molar-refractivity contribution in [1.82, 2.24) is 4.57 Å². The lowest BCUT2D eigenvalue weighted by Gasteiger charge is -2.08. The van der Waals surface area contributed by atoms with Crippen molar-refractivity contribution >= 4 is 22.5 Å². The van der Waals surface area contributed by atoms with Crippen LogP contribution in [0.15, 0.2) is 30.5 Å². The predicted octanol–water partition coefficient (Wildman–Crippen LogP) is 3.95. The summed E-state index contributed by atoms with van der Waals surface area (Å²) in [5.74, 6) is 0.657. The summed E-state index contributed by atoms with van der Waals surface area (Å²) in [7, 11) is 0. The van der Waals surface area contributed by atoms with Gasteiger partial charge in [0.1, 0.15) is 0 Å². The maximum Gasteiger partial charge on any atom is 0.0495 e. The summed E-state index contributed by atoms with van der Waals surface area (Å²) in [5, 5.41) is 2.07. The maximum atomic E-state index is 5.97. The van der Waals surface area contributed by atoms with Crippen molar-refractivity contribution in [3.8, 4) is 0 Å². The van der Waals surface area contributed by atoms with Gasteiger partial charge in [-0.3, -0.25) is 0 Å². The first-order valence-corrected chi connectivity index (χ1v) is 5.29. The van der Waals surface area contributed by atoms with Crippen molar-refractivity contribution in [3.63, 3.8) is 0 Å². The van der Waals surface area contributed by atoms with Crippen LogP contribution in [-0.4, -0.2) is 4.57 Å². The SMILES string of the molecule is CC(C)Cn1ccc2ccc(Cl)cc21. The number of halogens is 1. The minimum absolute atomic E-state index is 0.657. The van der Waals surface area contributed by atoms with Crippen molar-refractivity contribution in [3.05, 3.63) is 35.5 Å². The van der Waals surface area contributed by atoms with Crippen molar-refractivity contribution in [1.29, 1.82) is 0 Å². The van der Waals surface area contributed by atoms with Crippen LogP contribution in [0.25, 0.3) is 10.9 Å². The molecule has 0 aliphatic rings. The molecule has 0 saturated carbocycles. The van der Waals surface area contributed by atoms with E-state index < -0.39 is 0 Å². The number of aromatic nitrogens is 1. The molecule has 14 heavy (non-hydrogen) atoms. The van der Waals surface area contributed by atoms with Crippen molar-refractivity contribution in [2.45, 2.75) is 20.4 Å². The Balaban J connectivity index is 2.50. The zero-order valence-corrected chi connectivity index (χ0v) is 9.25. The summed E-state index contributed by atoms with van der Waals surface area (Å²) in [6.07, 6.45) is 2.13. The van der Waals surface area contributed by atoms with Gasteiger partial charge in [0.15, 0.2) is 0 Å². The molecular formula is C12H14ClN. The topological polar surface area (TPSA) is 4.93 Å². The predicted molar refractivity (Wildman–Crippen MR) is 61.8 cm³/mol. The van der Waals surface area contributed by atoms with E-state index in [1.54, 1.807) is 0 Å². The fourth-order valence-electron chi connectivity index (χ4n) is 1.71. The van der Waals surface area contributed by atoms with E-state index in [9.17, 15) is 0 Å². The van der Waals surface area contributed by atoms with Gasteiger partial charge in [-0.25, -0.2) is 0 Å². The number of nitrogens with zero attached hydrogens (tertiary/aromatic N) is 1. The number of fused-ring (bicyclic) bond motifs is 1. The molecular weight excluding hydrogens is 194 g/mol. The van der Waals surface area contributed by atoms with Gasteiger partial charge in [0.25, 0.3) is 0 Å². The molecule has 74 valence electrons. The second-order valence-corrected chi connectivity index (χ2v) is 4.50. The molecule has 0 aliphatic carbocycles. The molecule has 0 bridgehead atoms. The average Bonchev–Trinajstić information content (AvgIpc) is 2.47. The van der Waals surface area contributed by atoms with E-state index >= 15 is 0 Å². The molecule has 0 radical (unpaired) electrons. The van der Waals surface area contributed by atoms with Crippen LogP contribution >= 0.6 is 11.6 Å². The highest BCUT2D eigenvalue weighted by Gasteiger charge is 2.02. The van der Waals surface area contributed by atoms with Gasteiger partial charge in [-0.15, -0.1) is 0 Å². The lowest BCUT2D eigenvalue weighted by molar-refractivity contribution is 0.535. The first kappa shape index (κ1) is 9.60. The van der Waals surface area contributed by atoms with E-state index in [0.29, 0.717) is 5.92 Å². The van der Waals surface area contributed by atoms with Crippen molar-refractivity contribution in [2.75, 3.05) is 0 Å². The Labute approximate surface area is 89.3 Å². The first-order chi connectivity index (χ1) is 6.66. The fraction of sp³-hybridized carbons (Fsp3) is 0.333. The summed E-state index contributed by atoms with van der Waals surface area (Å²) in [5.41, 5.74) is 1.23. The second-order valence-electron chi connectivity index (χ2n) is 4.07. The van der Waals surface area contributed by atoms with Crippen LogP contribution in [0.4, 0.5) is 0 Å². The largest absolute Gasteiger partial charge is 0.347 e. The molecule has 2 aromatic rings. The first-order valence-electron chi connectivity index (χ1n) is 4.91. The molecule has 0 spiro atoms. The Kier molecular flexibility index (Phi) is 2.51. The third-order valence-electron chi connectivity index (χ3n) is 2.30. The zero-order chi connectivity index (χ0) is 10.1. The molecule has 0 amide bonds. The van der Waals surface area contributed by atoms with E-state index in [0.717, 1.165) is 11.6 Å². The molecule has 0 aliphatic heterocycles. The van der Waals surface area contributed by atoms with E-state index in [1.807, 2.05) is 12.1 Å². The van der Waals surface area contributed by atoms with Gasteiger partial charge in [0.05, 0.1) is 0 Å². The van der Waals surface area contributed by atoms with Crippen molar-refractivity contribution < 1.29 is 0 Å². The van der Waals surface area contributed by atoms with Crippen LogP contribution in [0, 0.1) is 5.92 Å². The molecule has 0 unspecified atom stereocenters. The average molecular weight is 208 g/mol. The molecule has 1 nitrogen and oxygen atoms in total. The lowest BCUT2D eigenvalue weighted by atomic mass is 10.2. The van der Waals surface area contributed by atoms with E-state index in [2.05, 4.69) is 36.7 Å². The number of hydrogen-bond acceptors (Lipinski definition) is 0. The van der Waals surface area contributed by atoms with Crippen LogP contribution in [-0.2, 0) is 6.54 Å². The Morgan fingerprint density at radius 3 is 2.79 bits per heavy atom. The highest BCUT2D eigenvalue weighted by atomic mass is 35.5. The Hall–Kier alpha value is -0.950. The second kappa shape index (κ2) is 3.66. The summed E-state index contributed by atoms with van der Waals surface area (Å²) >= 11 is 5.97. The summed E-state index contributed by atoms with van der Waals surface area (Å²) in [4.78, 5) is 0. The van der Waals surface area contributed by atoms with Crippen molar-refractivity contribution in [2.24, 2.45) is 5.92 Å². The molecule has 1 aromatic carbocycles. The molecule has 0 saturated heterocycles. The van der Waals surface area contributed by atoms with Crippen LogP contribution in [0.3, 0.4) is 0 Å². The van der Waals surface area contributed by atoms with E-state index in [-0.39, 0.29) is 0 Å². The van der Waals surface area contributed by atoms with Gasteiger partial charge in [0, 0.05) is 23.3 Å². The summed E-state index contributed by atoms with van der Waals surface area (Å²) in [6.45, 7) is 5.48. The van der Waals surface area contributed by atoms with Crippen LogP contribution < -0.4 is 0 Å². The highest BCUT2D eigenvalue weighted by molar-refractivity contribution is 6.31. The van der Waals surface area contributed by atoms with Gasteiger partial charge >= 0.3 is 0 Å². The third-order valence-corrected chi connectivity index (χ3v) is 2.53. The summed E-state index contributed by atoms with van der Waals surface area (Å²) < 4.78 is 2.26. The number of rotatable bonds is 2. The standard InChI is InChI=1S/C12H14ClN/c1-9(2)8-14-6-5-10-3-4-11(13)7-12(10)14/h3-7,9H,8H2,1-2H3. The molecule has 1 aromatic heterocycles. The normalized spacial score (nSPS) is 11.4. The minimum atomic E-state index is 0.657. The quantitative estimate of drug-likeness (QED) is 0.703. The van der Waals surface area contributed by atoms with Gasteiger partial charge in [-0.1, -0.05) is 31.5 Å². The third kappa shape index (κ3) is 1.78. The fourth-order valence-corrected chi connectivity index (χ4v) is 1.88. The summed E-state index contributed by atoms with van der Waals surface area (Å²) in [6, 6.07) is 8.16. The molecule has 2 rings (SSSR count). The Morgan fingerprint density at radius 2 is 2.07 bits per heavy atom. The van der Waals surface area contributed by atoms with E-state index in [1.165, 1.54) is 10.9 Å². The minimum Gasteiger partial charge on any atom is -0.347 e.